The zero-order chi connectivity index (χ0) is 14.8. The molecule has 1 unspecified atom stereocenters. The molecule has 0 saturated carbocycles. The monoisotopic (exact) mass is 286 g/mol. The highest BCUT2D eigenvalue weighted by atomic mass is 19.4. The van der Waals surface area contributed by atoms with Crippen molar-refractivity contribution in [2.75, 3.05) is 13.1 Å². The van der Waals surface area contributed by atoms with Gasteiger partial charge in [-0.1, -0.05) is 0 Å². The minimum atomic E-state index is -4.20. The summed E-state index contributed by atoms with van der Waals surface area (Å²) in [6.07, 6.45) is -3.63. The zero-order valence-electron chi connectivity index (χ0n) is 10.8. The number of hydrogen-bond acceptors (Lipinski definition) is 2. The number of piperidine rings is 1. The largest absolute Gasteiger partial charge is 0.393 e. The van der Waals surface area contributed by atoms with E-state index in [0.717, 1.165) is 0 Å². The van der Waals surface area contributed by atoms with E-state index < -0.39 is 17.9 Å². The summed E-state index contributed by atoms with van der Waals surface area (Å²) >= 11 is 0. The Balaban J connectivity index is 2.08. The molecule has 2 rings (SSSR count). The van der Waals surface area contributed by atoms with E-state index in [1.807, 2.05) is 6.07 Å². The number of hydrogen-bond donors (Lipinski definition) is 0. The molecule has 0 N–H and O–H groups in total. The maximum atomic E-state index is 13.6. The molecule has 0 amide bonds. The maximum absolute atomic E-state index is 13.6. The average Bonchev–Trinajstić information content (AvgIpc) is 2.41. The van der Waals surface area contributed by atoms with Crippen LogP contribution in [0.4, 0.5) is 17.6 Å². The molecular weight excluding hydrogens is 272 g/mol. The first-order valence-electron chi connectivity index (χ1n) is 6.37. The second kappa shape index (κ2) is 5.80. The predicted molar refractivity (Wildman–Crippen MR) is 65.2 cm³/mol. The van der Waals surface area contributed by atoms with Crippen molar-refractivity contribution < 1.29 is 17.6 Å². The Hall–Kier alpha value is -1.61. The molecule has 1 aliphatic heterocycles. The molecular formula is C14H14F4N2. The van der Waals surface area contributed by atoms with E-state index in [1.54, 1.807) is 4.90 Å². The molecule has 20 heavy (non-hydrogen) atoms. The Morgan fingerprint density at radius 2 is 2.10 bits per heavy atom. The smallest absolute Gasteiger partial charge is 0.298 e. The Bertz CT molecular complexity index is 519. The van der Waals surface area contributed by atoms with Gasteiger partial charge in [0.05, 0.1) is 17.6 Å². The fraction of sp³-hybridized carbons (Fsp3) is 0.500. The summed E-state index contributed by atoms with van der Waals surface area (Å²) in [6.45, 7) is 0.510. The summed E-state index contributed by atoms with van der Waals surface area (Å²) in [5, 5.41) is 8.77. The highest BCUT2D eigenvalue weighted by molar-refractivity contribution is 5.33. The first kappa shape index (κ1) is 14.8. The molecule has 108 valence electrons. The van der Waals surface area contributed by atoms with E-state index in [0.29, 0.717) is 18.5 Å². The highest BCUT2D eigenvalue weighted by Crippen LogP contribution is 2.33. The molecule has 0 aliphatic carbocycles. The summed E-state index contributed by atoms with van der Waals surface area (Å²) in [4.78, 5) is 1.60. The number of likely N-dealkylation sites (tertiary alicyclic amines) is 1. The van der Waals surface area contributed by atoms with Gasteiger partial charge in [-0.3, -0.25) is 4.90 Å². The number of benzene rings is 1. The molecule has 0 bridgehead atoms. The Labute approximate surface area is 114 Å². The van der Waals surface area contributed by atoms with Gasteiger partial charge in [-0.25, -0.2) is 4.39 Å². The third-order valence-corrected chi connectivity index (χ3v) is 3.54. The topological polar surface area (TPSA) is 27.0 Å². The van der Waals surface area contributed by atoms with Crippen molar-refractivity contribution in [2.45, 2.75) is 25.6 Å². The van der Waals surface area contributed by atoms with Crippen molar-refractivity contribution in [1.29, 1.82) is 5.26 Å². The van der Waals surface area contributed by atoms with Gasteiger partial charge in [0.15, 0.2) is 0 Å². The molecule has 0 radical (unpaired) electrons. The first-order valence-corrected chi connectivity index (χ1v) is 6.37. The second-order valence-corrected chi connectivity index (χ2v) is 5.03. The number of rotatable bonds is 2. The lowest BCUT2D eigenvalue weighted by molar-refractivity contribution is -0.187. The molecule has 2 nitrogen and oxygen atoms in total. The number of halogens is 4. The molecule has 0 spiro atoms. The Kier molecular flexibility index (Phi) is 4.29. The first-order chi connectivity index (χ1) is 9.40. The van der Waals surface area contributed by atoms with Gasteiger partial charge >= 0.3 is 6.18 Å². The molecule has 1 heterocycles. The standard InChI is InChI=1S/C14H14F4N2/c15-13-4-3-10(7-19)6-11(13)8-20-5-1-2-12(9-20)14(16,17)18/h3-4,6,12H,1-2,5,8-9H2. The van der Waals surface area contributed by atoms with E-state index in [9.17, 15) is 17.6 Å². The molecule has 1 aliphatic rings. The molecule has 1 fully saturated rings. The van der Waals surface area contributed by atoms with Crippen LogP contribution in [0.15, 0.2) is 18.2 Å². The SMILES string of the molecule is N#Cc1ccc(F)c(CN2CCCC(C(F)(F)F)C2)c1. The van der Waals surface area contributed by atoms with Crippen LogP contribution in [0.25, 0.3) is 0 Å². The minimum Gasteiger partial charge on any atom is -0.298 e. The average molecular weight is 286 g/mol. The number of nitrogens with zero attached hydrogens (tertiary/aromatic N) is 2. The summed E-state index contributed by atoms with van der Waals surface area (Å²) in [5.41, 5.74) is 0.581. The van der Waals surface area contributed by atoms with Gasteiger partial charge in [0.25, 0.3) is 0 Å². The number of alkyl halides is 3. The van der Waals surface area contributed by atoms with Gasteiger partial charge in [-0.05, 0) is 37.6 Å². The Morgan fingerprint density at radius 1 is 1.35 bits per heavy atom. The van der Waals surface area contributed by atoms with Gasteiger partial charge in [0.1, 0.15) is 5.82 Å². The van der Waals surface area contributed by atoms with Crippen molar-refractivity contribution in [3.05, 3.63) is 35.1 Å². The quantitative estimate of drug-likeness (QED) is 0.778. The lowest BCUT2D eigenvalue weighted by Crippen LogP contribution is -2.41. The van der Waals surface area contributed by atoms with Crippen molar-refractivity contribution >= 4 is 0 Å². The molecule has 1 atom stereocenters. The zero-order valence-corrected chi connectivity index (χ0v) is 10.8. The Morgan fingerprint density at radius 3 is 2.75 bits per heavy atom. The second-order valence-electron chi connectivity index (χ2n) is 5.03. The third-order valence-electron chi connectivity index (χ3n) is 3.54. The van der Waals surface area contributed by atoms with Gasteiger partial charge in [-0.2, -0.15) is 18.4 Å². The van der Waals surface area contributed by atoms with Crippen LogP contribution in [0, 0.1) is 23.1 Å². The summed E-state index contributed by atoms with van der Waals surface area (Å²) in [5.74, 6) is -1.84. The fourth-order valence-corrected chi connectivity index (χ4v) is 2.47. The van der Waals surface area contributed by atoms with Crippen LogP contribution in [-0.2, 0) is 6.54 Å². The fourth-order valence-electron chi connectivity index (χ4n) is 2.47. The van der Waals surface area contributed by atoms with Crippen LogP contribution in [0.5, 0.6) is 0 Å². The van der Waals surface area contributed by atoms with Crippen LogP contribution in [-0.4, -0.2) is 24.2 Å². The molecule has 6 heteroatoms. The van der Waals surface area contributed by atoms with Crippen molar-refractivity contribution in [2.24, 2.45) is 5.92 Å². The molecule has 0 aromatic heterocycles. The van der Waals surface area contributed by atoms with Gasteiger partial charge in [0.2, 0.25) is 0 Å². The normalized spacial score (nSPS) is 20.6. The third kappa shape index (κ3) is 3.48. The van der Waals surface area contributed by atoms with Crippen LogP contribution in [0.1, 0.15) is 24.0 Å². The van der Waals surface area contributed by atoms with Crippen molar-refractivity contribution in [3.8, 4) is 6.07 Å². The van der Waals surface area contributed by atoms with Crippen LogP contribution >= 0.6 is 0 Å². The van der Waals surface area contributed by atoms with Crippen LogP contribution in [0.2, 0.25) is 0 Å². The predicted octanol–water partition coefficient (Wildman–Crippen LogP) is 3.47. The maximum Gasteiger partial charge on any atom is 0.393 e. The summed E-state index contributed by atoms with van der Waals surface area (Å²) < 4.78 is 51.8. The van der Waals surface area contributed by atoms with Gasteiger partial charge in [-0.15, -0.1) is 0 Å². The summed E-state index contributed by atoms with van der Waals surface area (Å²) in [6, 6.07) is 5.83. The van der Waals surface area contributed by atoms with Crippen LogP contribution in [0.3, 0.4) is 0 Å². The van der Waals surface area contributed by atoms with E-state index >= 15 is 0 Å². The molecule has 1 saturated heterocycles. The van der Waals surface area contributed by atoms with Crippen LogP contribution < -0.4 is 0 Å². The van der Waals surface area contributed by atoms with Gasteiger partial charge in [0, 0.05) is 18.7 Å². The van der Waals surface area contributed by atoms with E-state index in [4.69, 9.17) is 5.26 Å². The molecule has 1 aromatic carbocycles. The lowest BCUT2D eigenvalue weighted by atomic mass is 9.97. The summed E-state index contributed by atoms with van der Waals surface area (Å²) in [7, 11) is 0. The van der Waals surface area contributed by atoms with Crippen molar-refractivity contribution in [1.82, 2.24) is 4.90 Å². The minimum absolute atomic E-state index is 0.105. The number of nitriles is 1. The van der Waals surface area contributed by atoms with E-state index in [2.05, 4.69) is 0 Å². The lowest BCUT2D eigenvalue weighted by Gasteiger charge is -2.33. The van der Waals surface area contributed by atoms with Gasteiger partial charge < -0.3 is 0 Å². The van der Waals surface area contributed by atoms with E-state index in [1.165, 1.54) is 18.2 Å². The van der Waals surface area contributed by atoms with Crippen molar-refractivity contribution in [3.63, 3.8) is 0 Å². The highest BCUT2D eigenvalue weighted by Gasteiger charge is 2.41. The molecule has 1 aromatic rings. The van der Waals surface area contributed by atoms with E-state index in [-0.39, 0.29) is 25.1 Å².